The van der Waals surface area contributed by atoms with Crippen molar-refractivity contribution in [3.05, 3.63) is 90.0 Å². The van der Waals surface area contributed by atoms with Gasteiger partial charge in [0.05, 0.1) is 22.7 Å². The Morgan fingerprint density at radius 2 is 1.51 bits per heavy atom. The molecule has 1 N–H and O–H groups in total. The van der Waals surface area contributed by atoms with E-state index in [9.17, 15) is 0 Å². The fourth-order valence-electron chi connectivity index (χ4n) is 4.35. The maximum atomic E-state index is 4.77. The van der Waals surface area contributed by atoms with Gasteiger partial charge in [0, 0.05) is 11.9 Å². The van der Waals surface area contributed by atoms with Crippen LogP contribution in [0, 0.1) is 19.8 Å². The lowest BCUT2D eigenvalue weighted by Crippen LogP contribution is -2.13. The van der Waals surface area contributed by atoms with Gasteiger partial charge < -0.3 is 5.32 Å². The molecule has 5 heteroatoms. The summed E-state index contributed by atoms with van der Waals surface area (Å²) in [5.41, 5.74) is 6.57. The normalized spacial score (nSPS) is 12.5. The minimum absolute atomic E-state index is 0.653. The van der Waals surface area contributed by atoms with E-state index in [2.05, 4.69) is 77.8 Å². The molecule has 37 heavy (non-hydrogen) atoms. The first-order valence-electron chi connectivity index (χ1n) is 13.3. The van der Waals surface area contributed by atoms with Gasteiger partial charge in [0.25, 0.3) is 0 Å². The molecule has 0 bridgehead atoms. The molecule has 0 aliphatic heterocycles. The summed E-state index contributed by atoms with van der Waals surface area (Å²) >= 11 is 0. The van der Waals surface area contributed by atoms with Crippen LogP contribution < -0.4 is 5.32 Å². The third-order valence-electron chi connectivity index (χ3n) is 6.78. The molecule has 5 nitrogen and oxygen atoms in total. The average molecular weight is 492 g/mol. The number of benzene rings is 4. The van der Waals surface area contributed by atoms with Crippen LogP contribution in [-0.2, 0) is 0 Å². The topological polar surface area (TPSA) is 61.5 Å². The van der Waals surface area contributed by atoms with Crippen molar-refractivity contribution in [3.8, 4) is 0 Å². The minimum atomic E-state index is 0.653. The number of nitrogens with zero attached hydrogens (tertiary/aromatic N) is 4. The molecular weight excluding hydrogens is 454 g/mol. The Labute approximate surface area is 220 Å². The Bertz CT molecular complexity index is 1370. The molecule has 0 spiro atoms. The van der Waals surface area contributed by atoms with Crippen molar-refractivity contribution in [1.82, 2.24) is 0 Å². The van der Waals surface area contributed by atoms with Gasteiger partial charge in [-0.25, -0.2) is 0 Å². The van der Waals surface area contributed by atoms with Gasteiger partial charge in [-0.3, -0.25) is 0 Å². The van der Waals surface area contributed by atoms with Crippen LogP contribution in [-0.4, -0.2) is 6.54 Å². The number of azo groups is 2. The molecular formula is C32H37N5. The smallest absolute Gasteiger partial charge is 0.117 e. The van der Waals surface area contributed by atoms with Crippen LogP contribution in [0.3, 0.4) is 0 Å². The highest BCUT2D eigenvalue weighted by atomic mass is 15.1. The lowest BCUT2D eigenvalue weighted by Gasteiger charge is -2.18. The summed E-state index contributed by atoms with van der Waals surface area (Å²) in [6.07, 6.45) is 4.92. The fraction of sp³-hybridized carbons (Fsp3) is 0.312. The zero-order valence-corrected chi connectivity index (χ0v) is 22.4. The van der Waals surface area contributed by atoms with Crippen molar-refractivity contribution >= 4 is 39.2 Å². The second-order valence-electron chi connectivity index (χ2n) is 9.69. The summed E-state index contributed by atoms with van der Waals surface area (Å²) in [5, 5.41) is 24.1. The fourth-order valence-corrected chi connectivity index (χ4v) is 4.35. The van der Waals surface area contributed by atoms with E-state index in [1.165, 1.54) is 31.2 Å². The molecule has 0 saturated carbocycles. The number of aryl methyl sites for hydroxylation is 2. The van der Waals surface area contributed by atoms with E-state index in [1.807, 2.05) is 49.4 Å². The molecule has 1 unspecified atom stereocenters. The van der Waals surface area contributed by atoms with Gasteiger partial charge in [-0.15, -0.1) is 5.11 Å². The molecule has 0 saturated heterocycles. The summed E-state index contributed by atoms with van der Waals surface area (Å²) in [6, 6.07) is 26.5. The molecule has 4 aromatic rings. The Morgan fingerprint density at radius 1 is 0.757 bits per heavy atom. The van der Waals surface area contributed by atoms with Crippen molar-refractivity contribution in [1.29, 1.82) is 0 Å². The predicted octanol–water partition coefficient (Wildman–Crippen LogP) is 10.9. The van der Waals surface area contributed by atoms with Gasteiger partial charge >= 0.3 is 0 Å². The second kappa shape index (κ2) is 12.9. The SMILES string of the molecule is CCCCC(CC)CNc1ccc2ccccc2c1N=Nc1ccc(N=Nc2ccc(C)cc2)cc1C. The molecule has 0 radical (unpaired) electrons. The van der Waals surface area contributed by atoms with E-state index in [0.29, 0.717) is 5.92 Å². The molecule has 0 amide bonds. The minimum Gasteiger partial charge on any atom is -0.383 e. The predicted molar refractivity (Wildman–Crippen MR) is 156 cm³/mol. The highest BCUT2D eigenvalue weighted by Gasteiger charge is 2.11. The quantitative estimate of drug-likeness (QED) is 0.208. The van der Waals surface area contributed by atoms with E-state index >= 15 is 0 Å². The summed E-state index contributed by atoms with van der Waals surface area (Å²) in [4.78, 5) is 0. The summed E-state index contributed by atoms with van der Waals surface area (Å²) < 4.78 is 0. The first kappa shape index (κ1) is 26.2. The second-order valence-corrected chi connectivity index (χ2v) is 9.69. The summed E-state index contributed by atoms with van der Waals surface area (Å²) in [7, 11) is 0. The van der Waals surface area contributed by atoms with E-state index in [4.69, 9.17) is 5.11 Å². The summed E-state index contributed by atoms with van der Waals surface area (Å²) in [6.45, 7) is 9.56. The Balaban J connectivity index is 1.57. The van der Waals surface area contributed by atoms with Crippen LogP contribution in [0.1, 0.15) is 50.7 Å². The number of hydrogen-bond donors (Lipinski definition) is 1. The van der Waals surface area contributed by atoms with E-state index in [-0.39, 0.29) is 0 Å². The highest BCUT2D eigenvalue weighted by molar-refractivity contribution is 5.98. The average Bonchev–Trinajstić information content (AvgIpc) is 2.92. The summed E-state index contributed by atoms with van der Waals surface area (Å²) in [5.74, 6) is 0.653. The molecule has 4 aromatic carbocycles. The number of rotatable bonds is 11. The van der Waals surface area contributed by atoms with E-state index in [0.717, 1.165) is 51.3 Å². The molecule has 4 rings (SSSR count). The molecule has 0 heterocycles. The van der Waals surface area contributed by atoms with Gasteiger partial charge in [-0.1, -0.05) is 81.1 Å². The van der Waals surface area contributed by atoms with Crippen LogP contribution in [0.25, 0.3) is 10.8 Å². The van der Waals surface area contributed by atoms with E-state index in [1.54, 1.807) is 0 Å². The van der Waals surface area contributed by atoms with Gasteiger partial charge in [0.1, 0.15) is 5.69 Å². The zero-order chi connectivity index (χ0) is 26.0. The van der Waals surface area contributed by atoms with Crippen LogP contribution in [0.5, 0.6) is 0 Å². The molecule has 0 aromatic heterocycles. The molecule has 0 fully saturated rings. The first-order valence-corrected chi connectivity index (χ1v) is 13.3. The molecule has 1 atom stereocenters. The van der Waals surface area contributed by atoms with Gasteiger partial charge in [-0.05, 0) is 73.5 Å². The molecule has 190 valence electrons. The highest BCUT2D eigenvalue weighted by Crippen LogP contribution is 2.36. The Hall–Kier alpha value is -3.86. The zero-order valence-electron chi connectivity index (χ0n) is 22.4. The largest absolute Gasteiger partial charge is 0.383 e. The lowest BCUT2D eigenvalue weighted by molar-refractivity contribution is 0.473. The molecule has 0 aliphatic rings. The van der Waals surface area contributed by atoms with Gasteiger partial charge in [0.15, 0.2) is 0 Å². The van der Waals surface area contributed by atoms with Crippen molar-refractivity contribution in [2.45, 2.75) is 53.4 Å². The van der Waals surface area contributed by atoms with Crippen LogP contribution in [0.4, 0.5) is 28.4 Å². The van der Waals surface area contributed by atoms with Crippen molar-refractivity contribution in [3.63, 3.8) is 0 Å². The monoisotopic (exact) mass is 491 g/mol. The first-order chi connectivity index (χ1) is 18.1. The standard InChI is InChI=1S/C32H37N5/c1-5-7-10-25(6-2)22-33-31-19-15-26-11-8-9-12-29(26)32(31)37-36-30-20-18-28(21-24(30)4)35-34-27-16-13-23(3)14-17-27/h8-9,11-21,25,33H,5-7,10,22H2,1-4H3. The number of anilines is 1. The number of fused-ring (bicyclic) bond motifs is 1. The van der Waals surface area contributed by atoms with Crippen LogP contribution >= 0.6 is 0 Å². The molecule has 0 aliphatic carbocycles. The Kier molecular flexibility index (Phi) is 9.14. The van der Waals surface area contributed by atoms with Crippen molar-refractivity contribution in [2.75, 3.05) is 11.9 Å². The maximum absolute atomic E-state index is 4.77. The number of unbranched alkanes of at least 4 members (excludes halogenated alkanes) is 1. The lowest BCUT2D eigenvalue weighted by atomic mass is 9.99. The van der Waals surface area contributed by atoms with Crippen LogP contribution in [0.2, 0.25) is 0 Å². The third-order valence-corrected chi connectivity index (χ3v) is 6.78. The van der Waals surface area contributed by atoms with E-state index < -0.39 is 0 Å². The maximum Gasteiger partial charge on any atom is 0.117 e. The number of hydrogen-bond acceptors (Lipinski definition) is 5. The third kappa shape index (κ3) is 7.10. The van der Waals surface area contributed by atoms with Gasteiger partial charge in [-0.2, -0.15) is 15.3 Å². The Morgan fingerprint density at radius 3 is 2.27 bits per heavy atom. The number of nitrogens with one attached hydrogen (secondary N) is 1. The van der Waals surface area contributed by atoms with Crippen molar-refractivity contribution < 1.29 is 0 Å². The van der Waals surface area contributed by atoms with Crippen LogP contribution in [0.15, 0.2) is 99.3 Å². The van der Waals surface area contributed by atoms with Crippen molar-refractivity contribution in [2.24, 2.45) is 26.4 Å². The van der Waals surface area contributed by atoms with Gasteiger partial charge in [0.2, 0.25) is 0 Å².